The number of hydrogen-bond acceptors (Lipinski definition) is 10. The van der Waals surface area contributed by atoms with Crippen molar-refractivity contribution in [2.75, 3.05) is 6.61 Å². The Bertz CT molecular complexity index is 2400. The van der Waals surface area contributed by atoms with Crippen molar-refractivity contribution in [2.24, 2.45) is 0 Å². The summed E-state index contributed by atoms with van der Waals surface area (Å²) in [5.74, 6) is -2.26. The molecule has 0 aliphatic carbocycles. The molecule has 16 heteroatoms. The molecule has 2 aliphatic heterocycles. The maximum atomic E-state index is 14.6. The van der Waals surface area contributed by atoms with Crippen LogP contribution in [0, 0.1) is 0 Å². The Morgan fingerprint density at radius 2 is 1.26 bits per heavy atom. The highest BCUT2D eigenvalue weighted by Crippen LogP contribution is 2.20. The Morgan fingerprint density at radius 3 is 1.94 bits per heavy atom. The summed E-state index contributed by atoms with van der Waals surface area (Å²) in [7, 11) is 0. The number of ether oxygens (including phenoxy) is 1. The predicted octanol–water partition coefficient (Wildman–Crippen LogP) is 2.57. The molecule has 2 aromatic heterocycles. The third kappa shape index (κ3) is 12.2. The number of rotatable bonds is 11. The SMILES string of the molecule is O=C1COc2ccc(cc2)C[C@@H](C(=O)NCc2nnn[nH]2)NC(=O)[C@H](CCc2ccccc2)NC(=O)[C@@H](Cc2ccc(-c3ccccc3)cc2)NC(=O)[C@H](Cc2ccncc2)N1. The number of aryl methyl sites for hydroxylation is 1. The normalized spacial score (nSPS) is 18.7. The third-order valence-corrected chi connectivity index (χ3v) is 10.4. The number of pyridine rings is 1. The van der Waals surface area contributed by atoms with Crippen LogP contribution in [0.2, 0.25) is 0 Å². The molecule has 0 unspecified atom stereocenters. The Hall–Kier alpha value is -7.75. The van der Waals surface area contributed by atoms with Crippen molar-refractivity contribution in [1.29, 1.82) is 0 Å². The lowest BCUT2D eigenvalue weighted by Crippen LogP contribution is -2.59. The maximum Gasteiger partial charge on any atom is 0.258 e. The van der Waals surface area contributed by atoms with Crippen LogP contribution in [0.15, 0.2) is 134 Å². The number of nitrogens with zero attached hydrogens (tertiary/aromatic N) is 4. The zero-order valence-electron chi connectivity index (χ0n) is 33.7. The number of tetrazole rings is 1. The van der Waals surface area contributed by atoms with Gasteiger partial charge in [-0.3, -0.25) is 29.0 Å². The minimum Gasteiger partial charge on any atom is -0.484 e. The fourth-order valence-electron chi connectivity index (χ4n) is 7.01. The zero-order valence-corrected chi connectivity index (χ0v) is 33.7. The summed E-state index contributed by atoms with van der Waals surface area (Å²) in [5.41, 5.74) is 5.05. The fourth-order valence-corrected chi connectivity index (χ4v) is 7.01. The van der Waals surface area contributed by atoms with Crippen molar-refractivity contribution < 1.29 is 28.7 Å². The van der Waals surface area contributed by atoms with Crippen molar-refractivity contribution in [3.05, 3.63) is 162 Å². The van der Waals surface area contributed by atoms with Crippen molar-refractivity contribution in [1.82, 2.24) is 52.2 Å². The van der Waals surface area contributed by atoms with Crippen molar-refractivity contribution >= 4 is 29.5 Å². The second-order valence-corrected chi connectivity index (χ2v) is 14.9. The Labute approximate surface area is 357 Å². The van der Waals surface area contributed by atoms with E-state index in [1.165, 1.54) is 0 Å². The first-order chi connectivity index (χ1) is 30.3. The molecule has 4 heterocycles. The van der Waals surface area contributed by atoms with Gasteiger partial charge in [-0.05, 0) is 80.9 Å². The first kappa shape index (κ1) is 42.4. The highest BCUT2D eigenvalue weighted by molar-refractivity contribution is 5.96. The molecule has 0 radical (unpaired) electrons. The van der Waals surface area contributed by atoms with Gasteiger partial charge in [0.25, 0.3) is 5.91 Å². The van der Waals surface area contributed by atoms with Crippen LogP contribution in [0.1, 0.15) is 34.5 Å². The maximum absolute atomic E-state index is 14.6. The number of carbonyl (C=O) groups is 5. The molecule has 316 valence electrons. The molecule has 0 saturated heterocycles. The van der Waals surface area contributed by atoms with Crippen molar-refractivity contribution in [3.63, 3.8) is 0 Å². The molecule has 0 spiro atoms. The number of aromatic nitrogens is 5. The van der Waals surface area contributed by atoms with Crippen molar-refractivity contribution in [3.8, 4) is 16.9 Å². The molecular formula is C46H46N10O6. The molecule has 4 aromatic carbocycles. The molecule has 6 N–H and O–H groups in total. The summed E-state index contributed by atoms with van der Waals surface area (Å²) in [6.45, 7) is -0.436. The number of amides is 5. The third-order valence-electron chi connectivity index (χ3n) is 10.4. The van der Waals surface area contributed by atoms with Crippen molar-refractivity contribution in [2.45, 2.75) is 62.8 Å². The van der Waals surface area contributed by atoms with Crippen LogP contribution in [0.5, 0.6) is 5.75 Å². The second-order valence-electron chi connectivity index (χ2n) is 14.9. The molecule has 8 rings (SSSR count). The molecular weight excluding hydrogens is 789 g/mol. The van der Waals surface area contributed by atoms with Crippen LogP contribution in [-0.2, 0) is 56.2 Å². The molecule has 2 aliphatic rings. The van der Waals surface area contributed by atoms with E-state index in [0.29, 0.717) is 23.6 Å². The molecule has 0 saturated carbocycles. The minimum atomic E-state index is -1.20. The minimum absolute atomic E-state index is 0.0307. The summed E-state index contributed by atoms with van der Waals surface area (Å²) in [6.07, 6.45) is 3.96. The average Bonchev–Trinajstić information content (AvgIpc) is 3.83. The van der Waals surface area contributed by atoms with Gasteiger partial charge in [-0.2, -0.15) is 0 Å². The van der Waals surface area contributed by atoms with Crippen LogP contribution >= 0.6 is 0 Å². The van der Waals surface area contributed by atoms with E-state index in [9.17, 15) is 24.0 Å². The van der Waals surface area contributed by atoms with Crippen LogP contribution in [0.25, 0.3) is 11.1 Å². The standard InChI is InChI=1S/C46H46N10O6/c57-42-29-62-36-18-13-32(14-19-36)25-38(43(58)48-28-41-53-55-56-54-41)51-44(59)37(20-15-30-7-3-1-4-8-30)50-46(61)40(52-45(60)39(49-42)27-33-21-23-47-24-22-33)26-31-11-16-35(17-12-31)34-9-5-2-6-10-34/h1-14,16-19,21-24,37-40H,15,20,25-29H2,(H,48,58)(H,49,57)(H,50,61)(H,51,59)(H,52,60)(H,53,54,55,56)/t37-,38-,39-,40+/m0/s1. The fraction of sp³-hybridized carbons (Fsp3) is 0.239. The van der Waals surface area contributed by atoms with Gasteiger partial charge in [-0.15, -0.1) is 5.10 Å². The number of aromatic amines is 1. The Balaban J connectivity index is 1.21. The lowest BCUT2D eigenvalue weighted by molar-refractivity contribution is -0.134. The summed E-state index contributed by atoms with van der Waals surface area (Å²) >= 11 is 0. The van der Waals surface area contributed by atoms with E-state index in [4.69, 9.17) is 4.74 Å². The van der Waals surface area contributed by atoms with Crippen LogP contribution in [0.4, 0.5) is 0 Å². The van der Waals surface area contributed by atoms with Crippen LogP contribution in [-0.4, -0.2) is 85.9 Å². The zero-order chi connectivity index (χ0) is 43.1. The van der Waals surface area contributed by atoms with Gasteiger partial charge in [0.05, 0.1) is 6.54 Å². The lowest BCUT2D eigenvalue weighted by Gasteiger charge is -2.27. The quantitative estimate of drug-likeness (QED) is 0.105. The van der Waals surface area contributed by atoms with Crippen LogP contribution < -0.4 is 31.3 Å². The van der Waals surface area contributed by atoms with Gasteiger partial charge in [0.15, 0.2) is 12.4 Å². The Morgan fingerprint density at radius 1 is 0.645 bits per heavy atom. The molecule has 5 amide bonds. The van der Waals surface area contributed by atoms with Gasteiger partial charge >= 0.3 is 0 Å². The van der Waals surface area contributed by atoms with E-state index in [2.05, 4.69) is 52.2 Å². The van der Waals surface area contributed by atoms with Gasteiger partial charge < -0.3 is 31.3 Å². The smallest absolute Gasteiger partial charge is 0.258 e. The summed E-state index contributed by atoms with van der Waals surface area (Å²) in [6, 6.07) is 32.6. The van der Waals surface area contributed by atoms with Gasteiger partial charge in [0.2, 0.25) is 23.6 Å². The van der Waals surface area contributed by atoms with E-state index < -0.39 is 60.3 Å². The average molecular weight is 835 g/mol. The van der Waals surface area contributed by atoms with E-state index >= 15 is 0 Å². The number of hydrogen-bond donors (Lipinski definition) is 6. The molecule has 16 nitrogen and oxygen atoms in total. The van der Waals surface area contributed by atoms with Gasteiger partial charge in [-0.25, -0.2) is 5.10 Å². The van der Waals surface area contributed by atoms with Gasteiger partial charge in [-0.1, -0.05) is 97.1 Å². The number of benzene rings is 4. The van der Waals surface area contributed by atoms with Gasteiger partial charge in [0, 0.05) is 31.7 Å². The first-order valence-electron chi connectivity index (χ1n) is 20.3. The van der Waals surface area contributed by atoms with E-state index in [1.54, 1.807) is 48.8 Å². The lowest BCUT2D eigenvalue weighted by atomic mass is 9.98. The number of carbonyl (C=O) groups excluding carboxylic acids is 5. The molecule has 0 fully saturated rings. The molecule has 62 heavy (non-hydrogen) atoms. The van der Waals surface area contributed by atoms with Gasteiger partial charge in [0.1, 0.15) is 29.9 Å². The van der Waals surface area contributed by atoms with E-state index in [1.807, 2.05) is 84.9 Å². The molecule has 6 aromatic rings. The van der Waals surface area contributed by atoms with E-state index in [0.717, 1.165) is 27.8 Å². The first-order valence-corrected chi connectivity index (χ1v) is 20.3. The number of nitrogens with one attached hydrogen (secondary N) is 6. The monoisotopic (exact) mass is 834 g/mol. The number of H-pyrrole nitrogens is 1. The summed E-state index contributed by atoms with van der Waals surface area (Å²) < 4.78 is 5.79. The second kappa shape index (κ2) is 21.0. The topological polar surface area (TPSA) is 222 Å². The summed E-state index contributed by atoms with van der Waals surface area (Å²) in [4.78, 5) is 74.5. The summed E-state index contributed by atoms with van der Waals surface area (Å²) in [5, 5.41) is 27.8. The molecule has 4 atom stereocenters. The molecule has 2 bridgehead atoms. The number of fused-ring (bicyclic) bond motifs is 16. The van der Waals surface area contributed by atoms with E-state index in [-0.39, 0.29) is 32.2 Å². The predicted molar refractivity (Wildman–Crippen MR) is 228 cm³/mol. The van der Waals surface area contributed by atoms with Crippen LogP contribution in [0.3, 0.4) is 0 Å². The largest absolute Gasteiger partial charge is 0.484 e. The Kier molecular flexibility index (Phi) is 14.3. The highest BCUT2D eigenvalue weighted by atomic mass is 16.5. The highest BCUT2D eigenvalue weighted by Gasteiger charge is 2.32.